The van der Waals surface area contributed by atoms with Gasteiger partial charge in [0.25, 0.3) is 0 Å². The minimum atomic E-state index is -2.40. The molecule has 0 aliphatic carbocycles. The molecule has 84 valence electrons. The molecule has 0 spiro atoms. The van der Waals surface area contributed by atoms with Crippen LogP contribution in [0.3, 0.4) is 0 Å². The lowest BCUT2D eigenvalue weighted by Crippen LogP contribution is -2.19. The molecule has 0 radical (unpaired) electrons. The van der Waals surface area contributed by atoms with Crippen LogP contribution < -0.4 is 0 Å². The first kappa shape index (κ1) is 12.7. The van der Waals surface area contributed by atoms with Crippen LogP contribution in [0.25, 0.3) is 0 Å². The van der Waals surface area contributed by atoms with Crippen LogP contribution >= 0.6 is 11.6 Å². The van der Waals surface area contributed by atoms with Crippen LogP contribution in [-0.2, 0) is 9.73 Å². The smallest absolute Gasteiger partial charge is 0.185 e. The molecule has 1 heterocycles. The van der Waals surface area contributed by atoms with Crippen LogP contribution in [0.4, 0.5) is 0 Å². The zero-order chi connectivity index (χ0) is 11.7. The number of halogens is 1. The van der Waals surface area contributed by atoms with Crippen molar-refractivity contribution in [2.45, 2.75) is 24.7 Å². The van der Waals surface area contributed by atoms with Gasteiger partial charge in [0.15, 0.2) is 8.24 Å². The summed E-state index contributed by atoms with van der Waals surface area (Å²) in [5.41, 5.74) is 0. The minimum Gasteiger partial charge on any atom is -0.273 e. The molecule has 0 N–H and O–H groups in total. The molecule has 1 rings (SSSR count). The first-order valence-electron chi connectivity index (χ1n) is 4.56. The lowest BCUT2D eigenvalue weighted by molar-refractivity contribution is 0.678. The van der Waals surface area contributed by atoms with E-state index in [2.05, 4.69) is 9.01 Å². The fraction of sp³-hybridized carbons (Fsp3) is 0.444. The van der Waals surface area contributed by atoms with Gasteiger partial charge in [-0.05, 0) is 31.8 Å². The van der Waals surface area contributed by atoms with E-state index in [0.29, 0.717) is 10.0 Å². The first-order valence-corrected chi connectivity index (χ1v) is 10.3. The monoisotopic (exact) mass is 262 g/mol. The highest BCUT2D eigenvalue weighted by Crippen LogP contribution is 2.17. The summed E-state index contributed by atoms with van der Waals surface area (Å²) < 4.78 is 16.7. The predicted molar refractivity (Wildman–Crippen MR) is 67.4 cm³/mol. The second-order valence-electron chi connectivity index (χ2n) is 4.38. The van der Waals surface area contributed by atoms with E-state index in [4.69, 9.17) is 11.6 Å². The number of hydrogen-bond acceptors (Lipinski definition) is 3. The Morgan fingerprint density at radius 1 is 1.47 bits per heavy atom. The van der Waals surface area contributed by atoms with Crippen LogP contribution in [0, 0.1) is 0 Å². The highest BCUT2D eigenvalue weighted by Gasteiger charge is 2.17. The van der Waals surface area contributed by atoms with Gasteiger partial charge in [-0.2, -0.15) is 0 Å². The summed E-state index contributed by atoms with van der Waals surface area (Å²) in [5, 5.41) is 1.01. The Morgan fingerprint density at radius 2 is 2.07 bits per heavy atom. The van der Waals surface area contributed by atoms with E-state index in [0.717, 1.165) is 0 Å². The lowest BCUT2D eigenvalue weighted by Gasteiger charge is -2.12. The van der Waals surface area contributed by atoms with Gasteiger partial charge >= 0.3 is 0 Å². The summed E-state index contributed by atoms with van der Waals surface area (Å²) in [7, 11) is -4.13. The highest BCUT2D eigenvalue weighted by molar-refractivity contribution is 7.93. The zero-order valence-corrected chi connectivity index (χ0v) is 11.9. The van der Waals surface area contributed by atoms with Crippen molar-refractivity contribution in [2.24, 2.45) is 4.03 Å². The second-order valence-corrected chi connectivity index (χ2v) is 11.9. The largest absolute Gasteiger partial charge is 0.273 e. The van der Waals surface area contributed by atoms with E-state index >= 15 is 0 Å². The standard InChI is InChI=1S/C9H15ClN2OSSi/c1-14(13,12-15(2,3)4)9-7-8(10)5-6-11-9/h5-7H,1-4H3. The topological polar surface area (TPSA) is 42.3 Å². The summed E-state index contributed by atoms with van der Waals surface area (Å²) >= 11 is 5.83. The van der Waals surface area contributed by atoms with Crippen LogP contribution in [-0.4, -0.2) is 23.7 Å². The van der Waals surface area contributed by atoms with Crippen molar-refractivity contribution in [1.82, 2.24) is 4.98 Å². The Balaban J connectivity index is 3.29. The van der Waals surface area contributed by atoms with Gasteiger partial charge in [0.1, 0.15) is 5.03 Å². The first-order chi connectivity index (χ1) is 6.71. The maximum absolute atomic E-state index is 12.3. The van der Waals surface area contributed by atoms with Crippen LogP contribution in [0.2, 0.25) is 24.7 Å². The van der Waals surface area contributed by atoms with Gasteiger partial charge in [-0.3, -0.25) is 4.03 Å². The summed E-state index contributed by atoms with van der Waals surface area (Å²) in [4.78, 5) is 4.06. The molecule has 0 saturated carbocycles. The Hall–Kier alpha value is -0.393. The summed E-state index contributed by atoms with van der Waals surface area (Å²) in [5.74, 6) is 0. The predicted octanol–water partition coefficient (Wildman–Crippen LogP) is 3.03. The van der Waals surface area contributed by atoms with Crippen molar-refractivity contribution in [3.8, 4) is 0 Å². The fourth-order valence-electron chi connectivity index (χ4n) is 1.16. The van der Waals surface area contributed by atoms with Gasteiger partial charge in [0.2, 0.25) is 0 Å². The quantitative estimate of drug-likeness (QED) is 0.769. The third-order valence-corrected chi connectivity index (χ3v) is 6.35. The number of pyridine rings is 1. The van der Waals surface area contributed by atoms with Crippen LogP contribution in [0.15, 0.2) is 27.4 Å². The van der Waals surface area contributed by atoms with Crippen molar-refractivity contribution in [3.63, 3.8) is 0 Å². The van der Waals surface area contributed by atoms with Gasteiger partial charge in [0, 0.05) is 17.5 Å². The molecule has 1 atom stereocenters. The van der Waals surface area contributed by atoms with E-state index in [1.807, 2.05) is 19.6 Å². The van der Waals surface area contributed by atoms with E-state index in [-0.39, 0.29) is 0 Å². The zero-order valence-electron chi connectivity index (χ0n) is 9.32. The summed E-state index contributed by atoms with van der Waals surface area (Å²) in [6.07, 6.45) is 3.17. The number of hydrogen-bond donors (Lipinski definition) is 0. The number of aromatic nitrogens is 1. The lowest BCUT2D eigenvalue weighted by atomic mass is 10.5. The van der Waals surface area contributed by atoms with Crippen molar-refractivity contribution < 1.29 is 4.21 Å². The molecule has 1 aromatic rings. The van der Waals surface area contributed by atoms with Crippen molar-refractivity contribution in [2.75, 3.05) is 6.26 Å². The molecule has 3 nitrogen and oxygen atoms in total. The molecule has 0 aromatic carbocycles. The van der Waals surface area contributed by atoms with E-state index < -0.39 is 18.0 Å². The molecule has 0 saturated heterocycles. The molecule has 15 heavy (non-hydrogen) atoms. The third kappa shape index (κ3) is 3.93. The van der Waals surface area contributed by atoms with Gasteiger partial charge in [-0.15, -0.1) is 0 Å². The molecular weight excluding hydrogens is 248 g/mol. The summed E-state index contributed by atoms with van der Waals surface area (Å²) in [6, 6.07) is 3.28. The van der Waals surface area contributed by atoms with Crippen LogP contribution in [0.5, 0.6) is 0 Å². The minimum absolute atomic E-state index is 0.470. The van der Waals surface area contributed by atoms with E-state index in [1.165, 1.54) is 0 Å². The van der Waals surface area contributed by atoms with E-state index in [1.54, 1.807) is 24.6 Å². The normalized spacial score (nSPS) is 15.8. The summed E-state index contributed by atoms with van der Waals surface area (Å²) in [6.45, 7) is 6.13. The number of rotatable bonds is 2. The fourth-order valence-corrected chi connectivity index (χ4v) is 6.54. The van der Waals surface area contributed by atoms with Crippen molar-refractivity contribution in [3.05, 3.63) is 23.4 Å². The maximum Gasteiger partial charge on any atom is 0.185 e. The molecule has 0 bridgehead atoms. The van der Waals surface area contributed by atoms with Gasteiger partial charge < -0.3 is 0 Å². The highest BCUT2D eigenvalue weighted by atomic mass is 35.5. The molecule has 0 aliphatic rings. The average molecular weight is 263 g/mol. The third-order valence-electron chi connectivity index (χ3n) is 1.53. The van der Waals surface area contributed by atoms with Crippen LogP contribution in [0.1, 0.15) is 0 Å². The molecule has 6 heteroatoms. The SMILES string of the molecule is C[Si](C)(C)N=S(C)(=O)c1cc(Cl)ccn1. The van der Waals surface area contributed by atoms with Gasteiger partial charge in [-0.25, -0.2) is 9.19 Å². The molecular formula is C9H15ClN2OSSi. The van der Waals surface area contributed by atoms with Crippen molar-refractivity contribution >= 4 is 29.6 Å². The molecule has 0 amide bonds. The molecule has 0 aliphatic heterocycles. The average Bonchev–Trinajstić information content (AvgIpc) is 1.99. The van der Waals surface area contributed by atoms with Gasteiger partial charge in [-0.1, -0.05) is 11.6 Å². The Kier molecular flexibility index (Phi) is 3.58. The second kappa shape index (κ2) is 4.23. The van der Waals surface area contributed by atoms with Crippen molar-refractivity contribution in [1.29, 1.82) is 0 Å². The Bertz CT molecular complexity index is 475. The molecule has 0 fully saturated rings. The number of nitrogens with zero attached hydrogens (tertiary/aromatic N) is 2. The Morgan fingerprint density at radius 3 is 2.53 bits per heavy atom. The maximum atomic E-state index is 12.3. The Labute approximate surface area is 97.2 Å². The molecule has 1 unspecified atom stereocenters. The van der Waals surface area contributed by atoms with Gasteiger partial charge in [0.05, 0.1) is 9.73 Å². The molecule has 1 aromatic heterocycles. The van der Waals surface area contributed by atoms with E-state index in [9.17, 15) is 4.21 Å².